The van der Waals surface area contributed by atoms with Crippen molar-refractivity contribution in [2.75, 3.05) is 40.5 Å². The van der Waals surface area contributed by atoms with Gasteiger partial charge in [-0.2, -0.15) is 9.30 Å². The number of carbonyl (C=O) groups excluding carboxylic acids is 1. The molecule has 0 N–H and O–H groups in total. The third kappa shape index (κ3) is 5.75. The zero-order valence-corrected chi connectivity index (χ0v) is 22.2. The number of hydrogen-bond acceptors (Lipinski definition) is 7. The molecule has 0 aliphatic carbocycles. The van der Waals surface area contributed by atoms with Crippen LogP contribution in [-0.2, 0) is 21.3 Å². The predicted octanol–water partition coefficient (Wildman–Crippen LogP) is 3.53. The molecule has 0 saturated heterocycles. The molecule has 0 aliphatic heterocycles. The Hall–Kier alpha value is -2.73. The van der Waals surface area contributed by atoms with Crippen molar-refractivity contribution in [3.8, 4) is 11.5 Å². The van der Waals surface area contributed by atoms with Gasteiger partial charge in [0.15, 0.2) is 16.3 Å². The standard InChI is InChI=1S/C24H31N3O6S2/c1-6-26(7-2)35(29,30)18-11-9-17(10-12-18)23(28)25-24-27(13-14-33-8-3)19-15-20(31-4)21(32-5)16-22(19)34-24/h9-12,15-16H,6-8,13-14H2,1-5H3. The molecule has 0 bridgehead atoms. The number of carbonyl (C=O) groups is 1. The molecular weight excluding hydrogens is 490 g/mol. The molecule has 3 rings (SSSR count). The quantitative estimate of drug-likeness (QED) is 0.358. The third-order valence-corrected chi connectivity index (χ3v) is 8.60. The molecule has 1 amide bonds. The monoisotopic (exact) mass is 521 g/mol. The molecule has 0 fully saturated rings. The van der Waals surface area contributed by atoms with Crippen LogP contribution in [0.5, 0.6) is 11.5 Å². The summed E-state index contributed by atoms with van der Waals surface area (Å²) in [6, 6.07) is 9.58. The summed E-state index contributed by atoms with van der Waals surface area (Å²) in [5.74, 6) is 0.694. The maximum Gasteiger partial charge on any atom is 0.279 e. The fraction of sp³-hybridized carbons (Fsp3) is 0.417. The summed E-state index contributed by atoms with van der Waals surface area (Å²) in [6.45, 7) is 7.77. The Kier molecular flexibility index (Phi) is 9.06. The van der Waals surface area contributed by atoms with Crippen molar-refractivity contribution in [1.82, 2.24) is 8.87 Å². The van der Waals surface area contributed by atoms with Gasteiger partial charge in [0.05, 0.1) is 35.9 Å². The van der Waals surface area contributed by atoms with Crippen molar-refractivity contribution in [3.63, 3.8) is 0 Å². The number of sulfonamides is 1. The number of aromatic nitrogens is 1. The van der Waals surface area contributed by atoms with Gasteiger partial charge in [0.2, 0.25) is 10.0 Å². The first-order valence-electron chi connectivity index (χ1n) is 11.3. The average Bonchev–Trinajstić information content (AvgIpc) is 3.19. The molecule has 0 spiro atoms. The molecule has 0 atom stereocenters. The van der Waals surface area contributed by atoms with E-state index < -0.39 is 15.9 Å². The Balaban J connectivity index is 2.03. The Labute approximate surface area is 209 Å². The van der Waals surface area contributed by atoms with E-state index in [2.05, 4.69) is 4.99 Å². The van der Waals surface area contributed by atoms with E-state index in [4.69, 9.17) is 14.2 Å². The highest BCUT2D eigenvalue weighted by Crippen LogP contribution is 2.33. The minimum Gasteiger partial charge on any atom is -0.493 e. The van der Waals surface area contributed by atoms with E-state index in [1.54, 1.807) is 28.1 Å². The average molecular weight is 522 g/mol. The first-order chi connectivity index (χ1) is 16.8. The molecule has 35 heavy (non-hydrogen) atoms. The topological polar surface area (TPSA) is 99.4 Å². The summed E-state index contributed by atoms with van der Waals surface area (Å²) < 4.78 is 46.0. The molecule has 1 aromatic heterocycles. The minimum absolute atomic E-state index is 0.144. The number of fused-ring (bicyclic) bond motifs is 1. The smallest absolute Gasteiger partial charge is 0.279 e. The molecule has 0 aliphatic rings. The maximum absolute atomic E-state index is 13.0. The van der Waals surface area contributed by atoms with Crippen LogP contribution in [0.1, 0.15) is 31.1 Å². The summed E-state index contributed by atoms with van der Waals surface area (Å²) in [5.41, 5.74) is 1.15. The molecule has 9 nitrogen and oxygen atoms in total. The number of hydrogen-bond donors (Lipinski definition) is 0. The molecule has 190 valence electrons. The maximum atomic E-state index is 13.0. The van der Waals surface area contributed by atoms with Gasteiger partial charge >= 0.3 is 0 Å². The van der Waals surface area contributed by atoms with E-state index in [9.17, 15) is 13.2 Å². The van der Waals surface area contributed by atoms with Gasteiger partial charge in [-0.05, 0) is 31.2 Å². The Morgan fingerprint density at radius 3 is 2.23 bits per heavy atom. The van der Waals surface area contributed by atoms with Crippen LogP contribution in [0.4, 0.5) is 0 Å². The van der Waals surface area contributed by atoms with Gasteiger partial charge in [-0.3, -0.25) is 4.79 Å². The van der Waals surface area contributed by atoms with Gasteiger partial charge in [-0.1, -0.05) is 25.2 Å². The molecule has 11 heteroatoms. The lowest BCUT2D eigenvalue weighted by atomic mass is 10.2. The summed E-state index contributed by atoms with van der Waals surface area (Å²) >= 11 is 1.35. The van der Waals surface area contributed by atoms with Crippen LogP contribution < -0.4 is 14.3 Å². The van der Waals surface area contributed by atoms with Crippen molar-refractivity contribution >= 4 is 37.5 Å². The fourth-order valence-electron chi connectivity index (χ4n) is 3.63. The van der Waals surface area contributed by atoms with Crippen LogP contribution in [-0.4, -0.2) is 63.7 Å². The second kappa shape index (κ2) is 11.8. The second-order valence-electron chi connectivity index (χ2n) is 7.44. The largest absolute Gasteiger partial charge is 0.493 e. The zero-order chi connectivity index (χ0) is 25.6. The lowest BCUT2D eigenvalue weighted by Crippen LogP contribution is -2.30. The first kappa shape index (κ1) is 26.9. The molecule has 0 radical (unpaired) electrons. The van der Waals surface area contributed by atoms with Crippen LogP contribution in [0.3, 0.4) is 0 Å². The lowest BCUT2D eigenvalue weighted by Gasteiger charge is -2.18. The zero-order valence-electron chi connectivity index (χ0n) is 20.6. The van der Waals surface area contributed by atoms with Gasteiger partial charge < -0.3 is 18.8 Å². The van der Waals surface area contributed by atoms with Crippen molar-refractivity contribution in [3.05, 3.63) is 46.8 Å². The van der Waals surface area contributed by atoms with E-state index in [0.29, 0.717) is 54.7 Å². The molecular formula is C24H31N3O6S2. The van der Waals surface area contributed by atoms with Crippen molar-refractivity contribution < 1.29 is 27.4 Å². The Bertz CT molecular complexity index is 1340. The van der Waals surface area contributed by atoms with Crippen LogP contribution in [0, 0.1) is 0 Å². The van der Waals surface area contributed by atoms with E-state index in [0.717, 1.165) is 10.2 Å². The van der Waals surface area contributed by atoms with Crippen molar-refractivity contribution in [2.45, 2.75) is 32.2 Å². The number of ether oxygens (including phenoxy) is 3. The highest BCUT2D eigenvalue weighted by Gasteiger charge is 2.22. The molecule has 0 saturated carbocycles. The van der Waals surface area contributed by atoms with E-state index in [-0.39, 0.29) is 4.90 Å². The Morgan fingerprint density at radius 2 is 1.66 bits per heavy atom. The number of rotatable bonds is 11. The normalized spacial score (nSPS) is 12.5. The summed E-state index contributed by atoms with van der Waals surface area (Å²) in [4.78, 5) is 18.0. The van der Waals surface area contributed by atoms with Crippen molar-refractivity contribution in [1.29, 1.82) is 0 Å². The highest BCUT2D eigenvalue weighted by atomic mass is 32.2. The van der Waals surface area contributed by atoms with Crippen LogP contribution in [0.2, 0.25) is 0 Å². The van der Waals surface area contributed by atoms with Gasteiger partial charge in [0.25, 0.3) is 5.91 Å². The van der Waals surface area contributed by atoms with Crippen LogP contribution >= 0.6 is 11.3 Å². The number of benzene rings is 2. The van der Waals surface area contributed by atoms with Gasteiger partial charge in [0.1, 0.15) is 0 Å². The molecule has 3 aromatic rings. The molecule has 0 unspecified atom stereocenters. The summed E-state index contributed by atoms with van der Waals surface area (Å²) in [6.07, 6.45) is 0. The second-order valence-corrected chi connectivity index (χ2v) is 10.4. The van der Waals surface area contributed by atoms with E-state index in [1.807, 2.05) is 23.6 Å². The summed E-state index contributed by atoms with van der Waals surface area (Å²) in [5, 5.41) is 0. The van der Waals surface area contributed by atoms with Gasteiger partial charge in [0, 0.05) is 43.9 Å². The number of nitrogens with zero attached hydrogens (tertiary/aromatic N) is 3. The predicted molar refractivity (Wildman–Crippen MR) is 136 cm³/mol. The van der Waals surface area contributed by atoms with E-state index >= 15 is 0 Å². The lowest BCUT2D eigenvalue weighted by molar-refractivity contribution is 0.0996. The number of amides is 1. The van der Waals surface area contributed by atoms with Crippen molar-refractivity contribution in [2.24, 2.45) is 4.99 Å². The number of thiazole rings is 1. The van der Waals surface area contributed by atoms with E-state index in [1.165, 1.54) is 39.9 Å². The third-order valence-electron chi connectivity index (χ3n) is 5.49. The highest BCUT2D eigenvalue weighted by molar-refractivity contribution is 7.89. The van der Waals surface area contributed by atoms with Crippen LogP contribution in [0.25, 0.3) is 10.2 Å². The van der Waals surface area contributed by atoms with Gasteiger partial charge in [-0.25, -0.2) is 8.42 Å². The first-order valence-corrected chi connectivity index (χ1v) is 13.6. The van der Waals surface area contributed by atoms with Gasteiger partial charge in [-0.15, -0.1) is 0 Å². The summed E-state index contributed by atoms with van der Waals surface area (Å²) in [7, 11) is -0.463. The Morgan fingerprint density at radius 1 is 1.03 bits per heavy atom. The molecule has 1 heterocycles. The fourth-order valence-corrected chi connectivity index (χ4v) is 6.15. The number of methoxy groups -OCH3 is 2. The SMILES string of the molecule is CCOCCn1c(=NC(=O)c2ccc(S(=O)(=O)N(CC)CC)cc2)sc2cc(OC)c(OC)cc21. The minimum atomic E-state index is -3.60. The molecule has 2 aromatic carbocycles. The van der Waals surface area contributed by atoms with Crippen LogP contribution in [0.15, 0.2) is 46.3 Å².